The minimum Gasteiger partial charge on any atom is -0.466 e. The van der Waals surface area contributed by atoms with Crippen molar-refractivity contribution in [2.45, 2.75) is 57.9 Å². The van der Waals surface area contributed by atoms with Crippen LogP contribution >= 0.6 is 23.2 Å². The smallest absolute Gasteiger partial charge is 0.433 e. The van der Waals surface area contributed by atoms with Gasteiger partial charge in [0.15, 0.2) is 5.71 Å². The van der Waals surface area contributed by atoms with Gasteiger partial charge in [-0.15, -0.1) is 0 Å². The van der Waals surface area contributed by atoms with Crippen LogP contribution in [-0.4, -0.2) is 60.0 Å². The Balaban J connectivity index is 2.23. The molecule has 1 amide bonds. The number of aliphatic hydroxyl groups is 1. The first-order chi connectivity index (χ1) is 16.7. The lowest BCUT2D eigenvalue weighted by Gasteiger charge is -2.34. The molecular weight excluding hydrogens is 522 g/mol. The zero-order valence-corrected chi connectivity index (χ0v) is 21.8. The van der Waals surface area contributed by atoms with Crippen LogP contribution in [-0.2, 0) is 14.3 Å². The van der Waals surface area contributed by atoms with Crippen molar-refractivity contribution in [2.75, 3.05) is 20.2 Å². The van der Waals surface area contributed by atoms with E-state index in [2.05, 4.69) is 4.99 Å². The molecule has 1 atom stereocenters. The molecule has 0 radical (unpaired) electrons. The van der Waals surface area contributed by atoms with Gasteiger partial charge in [-0.3, -0.25) is 14.6 Å². The molecule has 1 aromatic rings. The van der Waals surface area contributed by atoms with Crippen molar-refractivity contribution in [3.63, 3.8) is 0 Å². The predicted octanol–water partition coefficient (Wildman–Crippen LogP) is 4.84. The van der Waals surface area contributed by atoms with Gasteiger partial charge in [0.25, 0.3) is 5.91 Å². The van der Waals surface area contributed by atoms with E-state index in [0.717, 1.165) is 4.90 Å². The number of carbonyl (C=O) groups excluding carboxylic acids is 2. The van der Waals surface area contributed by atoms with Crippen molar-refractivity contribution in [2.24, 2.45) is 16.1 Å². The van der Waals surface area contributed by atoms with Gasteiger partial charge in [0.1, 0.15) is 0 Å². The first kappa shape index (κ1) is 29.9. The molecule has 0 aliphatic heterocycles. The summed E-state index contributed by atoms with van der Waals surface area (Å²) >= 11 is 12.2. The fraction of sp³-hybridized carbons (Fsp3) is 0.542. The third-order valence-corrected chi connectivity index (χ3v) is 6.84. The predicted molar refractivity (Wildman–Crippen MR) is 132 cm³/mol. The zero-order valence-electron chi connectivity index (χ0n) is 20.2. The van der Waals surface area contributed by atoms with Crippen molar-refractivity contribution in [3.05, 3.63) is 45.6 Å². The van der Waals surface area contributed by atoms with Crippen LogP contribution in [0.25, 0.3) is 0 Å². The maximum atomic E-state index is 14.0. The van der Waals surface area contributed by atoms with E-state index >= 15 is 0 Å². The number of hydrogen-bond donors (Lipinski definition) is 2. The summed E-state index contributed by atoms with van der Waals surface area (Å²) in [5.74, 6) is -1.47. The average Bonchev–Trinajstić information content (AvgIpc) is 2.79. The number of hydrogen-bond acceptors (Lipinski definition) is 6. The Hall–Kier alpha value is -2.30. The molecule has 7 nitrogen and oxygen atoms in total. The summed E-state index contributed by atoms with van der Waals surface area (Å²) < 4.78 is 47.1. The van der Waals surface area contributed by atoms with Crippen LogP contribution in [0.1, 0.15) is 51.2 Å². The van der Waals surface area contributed by atoms with Crippen LogP contribution in [0.15, 0.2) is 35.0 Å². The van der Waals surface area contributed by atoms with Crippen molar-refractivity contribution >= 4 is 40.8 Å². The van der Waals surface area contributed by atoms with E-state index in [4.69, 9.17) is 33.7 Å². The molecule has 0 spiro atoms. The number of benzene rings is 1. The SMILES string of the molecule is CCOC(=O)C1(C)CCC(N=C(C(=CN)C(=O)N(C)CC(O)c2c(Cl)cccc2Cl)C(F)(F)F)CC1. The number of halogens is 5. The molecule has 0 saturated heterocycles. The Morgan fingerprint density at radius 1 is 1.31 bits per heavy atom. The molecule has 1 aromatic carbocycles. The van der Waals surface area contributed by atoms with E-state index < -0.39 is 47.5 Å². The number of esters is 1. The zero-order chi connectivity index (χ0) is 27.3. The highest BCUT2D eigenvalue weighted by atomic mass is 35.5. The lowest BCUT2D eigenvalue weighted by atomic mass is 9.74. The van der Waals surface area contributed by atoms with Crippen LogP contribution in [0, 0.1) is 5.41 Å². The van der Waals surface area contributed by atoms with Crippen LogP contribution in [0.2, 0.25) is 10.0 Å². The van der Waals surface area contributed by atoms with Gasteiger partial charge < -0.3 is 20.5 Å². The number of aliphatic hydroxyl groups excluding tert-OH is 1. The Morgan fingerprint density at radius 2 is 1.86 bits per heavy atom. The molecule has 0 heterocycles. The van der Waals surface area contributed by atoms with Crippen molar-refractivity contribution in [3.8, 4) is 0 Å². The standard InChI is InChI=1S/C24H30Cl2F3N3O4/c1-4-36-22(35)23(2)10-8-14(9-11-23)31-20(24(27,28)29)15(12-30)21(34)32(3)13-18(33)19-16(25)6-5-7-17(19)26/h5-7,12,14,18,33H,4,8-11,13,30H2,1-3H3. The van der Waals surface area contributed by atoms with Gasteiger partial charge in [-0.2, -0.15) is 13.2 Å². The highest BCUT2D eigenvalue weighted by molar-refractivity contribution is 6.36. The number of amides is 1. The van der Waals surface area contributed by atoms with E-state index in [1.54, 1.807) is 19.9 Å². The van der Waals surface area contributed by atoms with Gasteiger partial charge >= 0.3 is 12.1 Å². The van der Waals surface area contributed by atoms with Gasteiger partial charge in [-0.05, 0) is 51.7 Å². The summed E-state index contributed by atoms with van der Waals surface area (Å²) in [6.45, 7) is 3.22. The van der Waals surface area contributed by atoms with E-state index in [1.807, 2.05) is 0 Å². The second-order valence-electron chi connectivity index (χ2n) is 8.90. The molecule has 36 heavy (non-hydrogen) atoms. The first-order valence-electron chi connectivity index (χ1n) is 11.4. The lowest BCUT2D eigenvalue weighted by molar-refractivity contribution is -0.156. The minimum absolute atomic E-state index is 0.148. The van der Waals surface area contributed by atoms with E-state index in [0.29, 0.717) is 19.0 Å². The van der Waals surface area contributed by atoms with Gasteiger partial charge in [-0.25, -0.2) is 0 Å². The second kappa shape index (κ2) is 12.3. The fourth-order valence-corrected chi connectivity index (χ4v) is 4.73. The molecule has 3 N–H and O–H groups in total. The largest absolute Gasteiger partial charge is 0.466 e. The molecular formula is C24H30Cl2F3N3O4. The molecule has 1 saturated carbocycles. The maximum Gasteiger partial charge on any atom is 0.433 e. The van der Waals surface area contributed by atoms with Crippen LogP contribution in [0.5, 0.6) is 0 Å². The summed E-state index contributed by atoms with van der Waals surface area (Å²) in [7, 11) is 1.22. The quantitative estimate of drug-likeness (QED) is 0.273. The number of alkyl halides is 3. The summed E-state index contributed by atoms with van der Waals surface area (Å²) in [4.78, 5) is 29.9. The van der Waals surface area contributed by atoms with Crippen molar-refractivity contribution in [1.82, 2.24) is 4.90 Å². The topological polar surface area (TPSA) is 105 Å². The highest BCUT2D eigenvalue weighted by Crippen LogP contribution is 2.39. The van der Waals surface area contributed by atoms with E-state index in [1.165, 1.54) is 19.2 Å². The van der Waals surface area contributed by atoms with Gasteiger partial charge in [0.2, 0.25) is 0 Å². The summed E-state index contributed by atoms with van der Waals surface area (Å²) in [6.07, 6.45) is -4.75. The third-order valence-electron chi connectivity index (χ3n) is 6.19. The lowest BCUT2D eigenvalue weighted by Crippen LogP contribution is -2.40. The Kier molecular flexibility index (Phi) is 10.2. The monoisotopic (exact) mass is 551 g/mol. The van der Waals surface area contributed by atoms with Crippen LogP contribution < -0.4 is 5.73 Å². The van der Waals surface area contributed by atoms with Gasteiger partial charge in [0.05, 0.1) is 36.3 Å². The molecule has 0 aromatic heterocycles. The summed E-state index contributed by atoms with van der Waals surface area (Å²) in [6, 6.07) is 3.79. The van der Waals surface area contributed by atoms with Crippen LogP contribution in [0.3, 0.4) is 0 Å². The number of likely N-dealkylation sites (N-methyl/N-ethyl adjacent to an activating group) is 1. The summed E-state index contributed by atoms with van der Waals surface area (Å²) in [5, 5.41) is 10.8. The van der Waals surface area contributed by atoms with Crippen molar-refractivity contribution < 1.29 is 32.6 Å². The normalized spacial score (nSPS) is 22.2. The molecule has 2 rings (SSSR count). The second-order valence-corrected chi connectivity index (χ2v) is 9.72. The fourth-order valence-electron chi connectivity index (χ4n) is 4.08. The maximum absolute atomic E-state index is 14.0. The Labute approximate surface area is 218 Å². The molecule has 12 heteroatoms. The first-order valence-corrected chi connectivity index (χ1v) is 12.1. The Bertz CT molecular complexity index is 1000. The van der Waals surface area contributed by atoms with Gasteiger partial charge in [0, 0.05) is 28.9 Å². The number of nitrogens with two attached hydrogens (primary N) is 1. The number of nitrogens with zero attached hydrogens (tertiary/aromatic N) is 2. The number of rotatable bonds is 8. The average molecular weight is 552 g/mol. The molecule has 1 unspecified atom stereocenters. The number of carbonyl (C=O) groups is 2. The van der Waals surface area contributed by atoms with E-state index in [9.17, 15) is 27.9 Å². The molecule has 1 aliphatic carbocycles. The molecule has 1 aliphatic rings. The number of ether oxygens (including phenoxy) is 1. The molecule has 200 valence electrons. The molecule has 1 fully saturated rings. The Morgan fingerprint density at radius 3 is 2.33 bits per heavy atom. The van der Waals surface area contributed by atoms with Gasteiger partial charge in [-0.1, -0.05) is 29.3 Å². The third kappa shape index (κ3) is 7.14. The summed E-state index contributed by atoms with van der Waals surface area (Å²) in [5.41, 5.74) is 2.57. The molecule has 0 bridgehead atoms. The van der Waals surface area contributed by atoms with E-state index in [-0.39, 0.29) is 41.0 Å². The minimum atomic E-state index is -4.96. The number of aliphatic imine (C=N–C) groups is 1. The van der Waals surface area contributed by atoms with Crippen LogP contribution in [0.4, 0.5) is 13.2 Å². The van der Waals surface area contributed by atoms with Crippen molar-refractivity contribution in [1.29, 1.82) is 0 Å². The highest BCUT2D eigenvalue weighted by Gasteiger charge is 2.44.